The number of nitrogens with two attached hydrogens (primary N) is 2. The van der Waals surface area contributed by atoms with E-state index in [1.807, 2.05) is 30.3 Å². The predicted molar refractivity (Wildman–Crippen MR) is 123 cm³/mol. The van der Waals surface area contributed by atoms with Crippen LogP contribution in [0.5, 0.6) is 0 Å². The number of hydrogen-bond acceptors (Lipinski definition) is 5. The molecule has 3 atom stereocenters. The Kier molecular flexibility index (Phi) is 7.78. The SMILES string of the molecule is N=C(N)c1ccc(CNC(=O)[C@@H]2C[C@@H](C(=O)O)CN2C(=O)[C@H](N)CCc2ccccc2)cc1. The molecular weight excluding hydrogens is 422 g/mol. The van der Waals surface area contributed by atoms with E-state index in [0.717, 1.165) is 11.1 Å². The summed E-state index contributed by atoms with van der Waals surface area (Å²) in [4.78, 5) is 38.8. The van der Waals surface area contributed by atoms with Gasteiger partial charge in [0.25, 0.3) is 0 Å². The maximum Gasteiger partial charge on any atom is 0.308 e. The first-order chi connectivity index (χ1) is 15.8. The summed E-state index contributed by atoms with van der Waals surface area (Å²) < 4.78 is 0. The van der Waals surface area contributed by atoms with Crippen molar-refractivity contribution in [3.63, 3.8) is 0 Å². The second-order valence-electron chi connectivity index (χ2n) is 8.24. The van der Waals surface area contributed by atoms with Crippen LogP contribution in [0, 0.1) is 11.3 Å². The summed E-state index contributed by atoms with van der Waals surface area (Å²) >= 11 is 0. The van der Waals surface area contributed by atoms with Gasteiger partial charge in [-0.15, -0.1) is 0 Å². The average molecular weight is 452 g/mol. The molecule has 1 heterocycles. The zero-order chi connectivity index (χ0) is 24.0. The van der Waals surface area contributed by atoms with E-state index >= 15 is 0 Å². The Balaban J connectivity index is 1.63. The normalized spacial score (nSPS) is 18.5. The summed E-state index contributed by atoms with van der Waals surface area (Å²) in [6, 6.07) is 14.8. The van der Waals surface area contributed by atoms with Gasteiger partial charge in [-0.2, -0.15) is 0 Å². The molecule has 0 aliphatic carbocycles. The molecule has 0 spiro atoms. The van der Waals surface area contributed by atoms with Crippen LogP contribution in [0.15, 0.2) is 54.6 Å². The van der Waals surface area contributed by atoms with Gasteiger partial charge in [0.2, 0.25) is 11.8 Å². The fourth-order valence-electron chi connectivity index (χ4n) is 3.92. The highest BCUT2D eigenvalue weighted by Crippen LogP contribution is 2.25. The molecule has 9 heteroatoms. The van der Waals surface area contributed by atoms with E-state index in [1.165, 1.54) is 4.90 Å². The van der Waals surface area contributed by atoms with Crippen molar-refractivity contribution < 1.29 is 19.5 Å². The number of aryl methyl sites for hydroxylation is 1. The minimum atomic E-state index is -1.04. The van der Waals surface area contributed by atoms with Crippen molar-refractivity contribution in [3.8, 4) is 0 Å². The van der Waals surface area contributed by atoms with Crippen molar-refractivity contribution in [1.82, 2.24) is 10.2 Å². The quantitative estimate of drug-likeness (QED) is 0.280. The number of carbonyl (C=O) groups excluding carboxylic acids is 2. The van der Waals surface area contributed by atoms with Crippen molar-refractivity contribution >= 4 is 23.6 Å². The molecule has 2 aromatic rings. The minimum absolute atomic E-state index is 0.0431. The van der Waals surface area contributed by atoms with Gasteiger partial charge >= 0.3 is 5.97 Å². The summed E-state index contributed by atoms with van der Waals surface area (Å²) in [5, 5.41) is 19.7. The first-order valence-electron chi connectivity index (χ1n) is 10.8. The number of nitrogen functional groups attached to an aromatic ring is 1. The van der Waals surface area contributed by atoms with Crippen molar-refractivity contribution in [1.29, 1.82) is 5.41 Å². The topological polar surface area (TPSA) is 163 Å². The lowest BCUT2D eigenvalue weighted by atomic mass is 10.0. The molecule has 33 heavy (non-hydrogen) atoms. The second kappa shape index (κ2) is 10.7. The van der Waals surface area contributed by atoms with Gasteiger partial charge in [-0.1, -0.05) is 54.6 Å². The Morgan fingerprint density at radius 1 is 1.09 bits per heavy atom. The van der Waals surface area contributed by atoms with Crippen LogP contribution in [0.4, 0.5) is 0 Å². The number of amides is 2. The van der Waals surface area contributed by atoms with Gasteiger partial charge in [-0.05, 0) is 30.4 Å². The van der Waals surface area contributed by atoms with Crippen LogP contribution in [0.25, 0.3) is 0 Å². The zero-order valence-electron chi connectivity index (χ0n) is 18.2. The lowest BCUT2D eigenvalue weighted by molar-refractivity contribution is -0.142. The first kappa shape index (κ1) is 23.9. The molecule has 0 saturated carbocycles. The number of aliphatic carboxylic acids is 1. The fraction of sp³-hybridized carbons (Fsp3) is 0.333. The molecule has 0 bridgehead atoms. The van der Waals surface area contributed by atoms with Gasteiger partial charge in [0.1, 0.15) is 11.9 Å². The fourth-order valence-corrected chi connectivity index (χ4v) is 3.92. The molecule has 1 aliphatic rings. The van der Waals surface area contributed by atoms with Crippen LogP contribution in [0.3, 0.4) is 0 Å². The summed E-state index contributed by atoms with van der Waals surface area (Å²) in [6.07, 6.45) is 1.05. The third-order valence-corrected chi connectivity index (χ3v) is 5.87. The third kappa shape index (κ3) is 6.17. The van der Waals surface area contributed by atoms with Crippen molar-refractivity contribution in [2.45, 2.75) is 37.9 Å². The first-order valence-corrected chi connectivity index (χ1v) is 10.8. The Bertz CT molecular complexity index is 1010. The molecule has 3 rings (SSSR count). The number of nitrogens with one attached hydrogen (secondary N) is 2. The molecule has 1 saturated heterocycles. The van der Waals surface area contributed by atoms with Crippen molar-refractivity contribution in [2.75, 3.05) is 6.54 Å². The minimum Gasteiger partial charge on any atom is -0.481 e. The maximum absolute atomic E-state index is 13.0. The van der Waals surface area contributed by atoms with Gasteiger partial charge in [0.15, 0.2) is 0 Å². The molecule has 174 valence electrons. The zero-order valence-corrected chi connectivity index (χ0v) is 18.2. The number of amidine groups is 1. The summed E-state index contributed by atoms with van der Waals surface area (Å²) in [5.74, 6) is -2.74. The number of hydrogen-bond donors (Lipinski definition) is 5. The average Bonchev–Trinajstić information content (AvgIpc) is 3.27. The largest absolute Gasteiger partial charge is 0.481 e. The van der Waals surface area contributed by atoms with E-state index in [9.17, 15) is 19.5 Å². The number of nitrogens with zero attached hydrogens (tertiary/aromatic N) is 1. The van der Waals surface area contributed by atoms with E-state index in [1.54, 1.807) is 24.3 Å². The molecule has 7 N–H and O–H groups in total. The van der Waals surface area contributed by atoms with E-state index in [2.05, 4.69) is 5.32 Å². The molecular formula is C24H29N5O4. The summed E-state index contributed by atoms with van der Waals surface area (Å²) in [7, 11) is 0. The smallest absolute Gasteiger partial charge is 0.308 e. The summed E-state index contributed by atoms with van der Waals surface area (Å²) in [6.45, 7) is 0.159. The Labute approximate surface area is 192 Å². The molecule has 0 aromatic heterocycles. The van der Waals surface area contributed by atoms with Crippen LogP contribution < -0.4 is 16.8 Å². The number of carbonyl (C=O) groups is 3. The number of benzene rings is 2. The number of carboxylic acid groups (broad SMARTS) is 1. The molecule has 0 unspecified atom stereocenters. The monoisotopic (exact) mass is 451 g/mol. The van der Waals surface area contributed by atoms with E-state index in [0.29, 0.717) is 18.4 Å². The van der Waals surface area contributed by atoms with Gasteiger partial charge in [-0.25, -0.2) is 0 Å². The van der Waals surface area contributed by atoms with Crippen molar-refractivity contribution in [3.05, 3.63) is 71.3 Å². The maximum atomic E-state index is 13.0. The van der Waals surface area contributed by atoms with Gasteiger partial charge in [-0.3, -0.25) is 19.8 Å². The van der Waals surface area contributed by atoms with Crippen LogP contribution in [0.1, 0.15) is 29.5 Å². The van der Waals surface area contributed by atoms with Crippen molar-refractivity contribution in [2.24, 2.45) is 17.4 Å². The van der Waals surface area contributed by atoms with Crippen LogP contribution >= 0.6 is 0 Å². The molecule has 2 aromatic carbocycles. The highest BCUT2D eigenvalue weighted by atomic mass is 16.4. The van der Waals surface area contributed by atoms with Crippen LogP contribution in [-0.2, 0) is 27.3 Å². The highest BCUT2D eigenvalue weighted by molar-refractivity contribution is 5.95. The standard InChI is InChI=1S/C24H29N5O4/c25-19(11-8-15-4-2-1-3-5-15)23(31)29-14-18(24(32)33)12-20(29)22(30)28-13-16-6-9-17(10-7-16)21(26)27/h1-7,9-10,18-20H,8,11-14,25H2,(H3,26,27)(H,28,30)(H,32,33)/t18-,19-,20+/m1/s1. The summed E-state index contributed by atoms with van der Waals surface area (Å²) in [5.41, 5.74) is 14.0. The lowest BCUT2D eigenvalue weighted by Gasteiger charge is -2.26. The number of carboxylic acids is 1. The third-order valence-electron chi connectivity index (χ3n) is 5.87. The molecule has 2 amide bonds. The highest BCUT2D eigenvalue weighted by Gasteiger charge is 2.43. The van der Waals surface area contributed by atoms with Crippen LogP contribution in [0.2, 0.25) is 0 Å². The number of rotatable bonds is 9. The molecule has 1 fully saturated rings. The van der Waals surface area contributed by atoms with Gasteiger partial charge in [0.05, 0.1) is 12.0 Å². The molecule has 9 nitrogen and oxygen atoms in total. The van der Waals surface area contributed by atoms with Gasteiger partial charge < -0.3 is 26.8 Å². The molecule has 0 radical (unpaired) electrons. The molecule has 1 aliphatic heterocycles. The van der Waals surface area contributed by atoms with E-state index < -0.39 is 35.8 Å². The second-order valence-corrected chi connectivity index (χ2v) is 8.24. The predicted octanol–water partition coefficient (Wildman–Crippen LogP) is 0.849. The van der Waals surface area contributed by atoms with Crippen LogP contribution in [-0.4, -0.2) is 52.3 Å². The Morgan fingerprint density at radius 2 is 1.76 bits per heavy atom. The number of likely N-dealkylation sites (tertiary alicyclic amines) is 1. The van der Waals surface area contributed by atoms with E-state index in [-0.39, 0.29) is 25.3 Å². The van der Waals surface area contributed by atoms with Gasteiger partial charge in [0, 0.05) is 18.7 Å². The Morgan fingerprint density at radius 3 is 2.36 bits per heavy atom. The lowest BCUT2D eigenvalue weighted by Crippen LogP contribution is -2.51. The van der Waals surface area contributed by atoms with E-state index in [4.69, 9.17) is 16.9 Å². The Hall–Kier alpha value is -3.72.